The first kappa shape index (κ1) is 20.2. The van der Waals surface area contributed by atoms with E-state index >= 15 is 0 Å². The van der Waals surface area contributed by atoms with Gasteiger partial charge in [-0.3, -0.25) is 9.10 Å². The molecule has 30 heavy (non-hydrogen) atoms. The fourth-order valence-corrected chi connectivity index (χ4v) is 5.38. The molecule has 0 spiro atoms. The van der Waals surface area contributed by atoms with E-state index in [0.717, 1.165) is 11.3 Å². The van der Waals surface area contributed by atoms with Gasteiger partial charge in [-0.15, -0.1) is 0 Å². The number of hydrogen-bond acceptors (Lipinski definition) is 3. The van der Waals surface area contributed by atoms with E-state index in [9.17, 15) is 13.2 Å². The fraction of sp³-hybridized carbons (Fsp3) is 0.208. The van der Waals surface area contributed by atoms with Gasteiger partial charge in [-0.2, -0.15) is 0 Å². The number of nitrogens with zero attached hydrogens (tertiary/aromatic N) is 2. The molecule has 2 atom stereocenters. The number of anilines is 2. The average molecular weight is 421 g/mol. The van der Waals surface area contributed by atoms with Crippen LogP contribution < -0.4 is 9.21 Å². The Kier molecular flexibility index (Phi) is 5.35. The quantitative estimate of drug-likeness (QED) is 0.618. The van der Waals surface area contributed by atoms with Crippen molar-refractivity contribution in [3.8, 4) is 0 Å². The SMILES string of the molecule is C[C@@H]1C[C@H](N(c2ccccc2)S(C)(=O)=O)c2ccccc2N1C(=O)c1ccccc1. The predicted molar refractivity (Wildman–Crippen MR) is 120 cm³/mol. The number of fused-ring (bicyclic) bond motifs is 1. The summed E-state index contributed by atoms with van der Waals surface area (Å²) in [5.41, 5.74) is 2.81. The molecule has 0 fully saturated rings. The van der Waals surface area contributed by atoms with Crippen molar-refractivity contribution >= 4 is 27.3 Å². The second kappa shape index (κ2) is 7.95. The van der Waals surface area contributed by atoms with Crippen LogP contribution in [0.2, 0.25) is 0 Å². The van der Waals surface area contributed by atoms with Crippen LogP contribution in [0, 0.1) is 0 Å². The third-order valence-electron chi connectivity index (χ3n) is 5.45. The van der Waals surface area contributed by atoms with Crippen LogP contribution in [0.5, 0.6) is 0 Å². The molecule has 0 N–H and O–H groups in total. The van der Waals surface area contributed by atoms with Crippen molar-refractivity contribution in [1.82, 2.24) is 0 Å². The topological polar surface area (TPSA) is 57.7 Å². The van der Waals surface area contributed by atoms with E-state index in [1.807, 2.05) is 67.6 Å². The van der Waals surface area contributed by atoms with Crippen LogP contribution >= 0.6 is 0 Å². The van der Waals surface area contributed by atoms with Crippen molar-refractivity contribution in [1.29, 1.82) is 0 Å². The first-order valence-corrected chi connectivity index (χ1v) is 11.7. The molecular weight excluding hydrogens is 396 g/mol. The van der Waals surface area contributed by atoms with Gasteiger partial charge in [0.25, 0.3) is 5.91 Å². The summed E-state index contributed by atoms with van der Waals surface area (Å²) < 4.78 is 27.1. The Hall–Kier alpha value is -3.12. The first-order chi connectivity index (χ1) is 14.4. The Balaban J connectivity index is 1.83. The van der Waals surface area contributed by atoms with Crippen LogP contribution in [0.25, 0.3) is 0 Å². The van der Waals surface area contributed by atoms with Gasteiger partial charge in [0.15, 0.2) is 0 Å². The molecule has 1 aliphatic rings. The molecule has 0 radical (unpaired) electrons. The molecular formula is C24H24N2O3S. The molecule has 3 aromatic rings. The Morgan fingerprint density at radius 2 is 1.47 bits per heavy atom. The van der Waals surface area contributed by atoms with Gasteiger partial charge < -0.3 is 4.90 Å². The van der Waals surface area contributed by atoms with Crippen LogP contribution in [0.3, 0.4) is 0 Å². The van der Waals surface area contributed by atoms with Crippen LogP contribution in [0.4, 0.5) is 11.4 Å². The van der Waals surface area contributed by atoms with Crippen LogP contribution in [0.15, 0.2) is 84.9 Å². The van der Waals surface area contributed by atoms with Gasteiger partial charge in [0.2, 0.25) is 10.0 Å². The summed E-state index contributed by atoms with van der Waals surface area (Å²) in [6, 6.07) is 25.3. The zero-order chi connectivity index (χ0) is 21.3. The fourth-order valence-electron chi connectivity index (χ4n) is 4.21. The Morgan fingerprint density at radius 3 is 2.10 bits per heavy atom. The van der Waals surface area contributed by atoms with Crippen molar-refractivity contribution in [2.24, 2.45) is 0 Å². The molecule has 1 heterocycles. The summed E-state index contributed by atoms with van der Waals surface area (Å²) in [6.45, 7) is 1.97. The van der Waals surface area contributed by atoms with Gasteiger partial charge in [-0.05, 0) is 49.2 Å². The molecule has 3 aromatic carbocycles. The predicted octanol–water partition coefficient (Wildman–Crippen LogP) is 4.63. The van der Waals surface area contributed by atoms with Crippen LogP contribution in [-0.2, 0) is 10.0 Å². The van der Waals surface area contributed by atoms with E-state index in [1.54, 1.807) is 29.2 Å². The zero-order valence-electron chi connectivity index (χ0n) is 17.0. The van der Waals surface area contributed by atoms with Crippen molar-refractivity contribution in [3.05, 3.63) is 96.1 Å². The first-order valence-electron chi connectivity index (χ1n) is 9.90. The lowest BCUT2D eigenvalue weighted by atomic mass is 9.90. The lowest BCUT2D eigenvalue weighted by Gasteiger charge is -2.43. The van der Waals surface area contributed by atoms with E-state index in [4.69, 9.17) is 0 Å². The van der Waals surface area contributed by atoms with E-state index in [2.05, 4.69) is 0 Å². The second-order valence-corrected chi connectivity index (χ2v) is 9.45. The highest BCUT2D eigenvalue weighted by Gasteiger charge is 2.39. The number of benzene rings is 3. The minimum absolute atomic E-state index is 0.0837. The molecule has 0 saturated carbocycles. The van der Waals surface area contributed by atoms with Gasteiger partial charge in [0.05, 0.1) is 18.0 Å². The van der Waals surface area contributed by atoms with Crippen molar-refractivity contribution in [2.45, 2.75) is 25.4 Å². The van der Waals surface area contributed by atoms with Gasteiger partial charge in [0, 0.05) is 17.3 Å². The zero-order valence-corrected chi connectivity index (χ0v) is 17.8. The van der Waals surface area contributed by atoms with Crippen molar-refractivity contribution < 1.29 is 13.2 Å². The minimum atomic E-state index is -3.54. The Morgan fingerprint density at radius 1 is 0.900 bits per heavy atom. The largest absolute Gasteiger partial charge is 0.305 e. The summed E-state index contributed by atoms with van der Waals surface area (Å²) in [5.74, 6) is -0.0837. The lowest BCUT2D eigenvalue weighted by molar-refractivity contribution is 0.0974. The maximum Gasteiger partial charge on any atom is 0.258 e. The van der Waals surface area contributed by atoms with Gasteiger partial charge in [0.1, 0.15) is 0 Å². The van der Waals surface area contributed by atoms with E-state index in [-0.39, 0.29) is 11.9 Å². The second-order valence-electron chi connectivity index (χ2n) is 7.59. The summed E-state index contributed by atoms with van der Waals surface area (Å²) in [7, 11) is -3.54. The van der Waals surface area contributed by atoms with E-state index < -0.39 is 16.1 Å². The van der Waals surface area contributed by atoms with Crippen LogP contribution in [0.1, 0.15) is 35.3 Å². The molecule has 4 rings (SSSR count). The van der Waals surface area contributed by atoms with Crippen LogP contribution in [-0.4, -0.2) is 26.6 Å². The number of carbonyl (C=O) groups is 1. The molecule has 154 valence electrons. The third kappa shape index (κ3) is 3.71. The highest BCUT2D eigenvalue weighted by molar-refractivity contribution is 7.92. The smallest absolute Gasteiger partial charge is 0.258 e. The summed E-state index contributed by atoms with van der Waals surface area (Å²) in [4.78, 5) is 15.1. The molecule has 0 aliphatic carbocycles. The molecule has 6 heteroatoms. The highest BCUT2D eigenvalue weighted by Crippen LogP contribution is 2.43. The van der Waals surface area contributed by atoms with Crippen molar-refractivity contribution in [3.63, 3.8) is 0 Å². The van der Waals surface area contributed by atoms with E-state index in [1.165, 1.54) is 10.6 Å². The average Bonchev–Trinajstić information content (AvgIpc) is 2.74. The number of amides is 1. The number of sulfonamides is 1. The Labute approximate surface area is 177 Å². The third-order valence-corrected chi connectivity index (χ3v) is 6.63. The van der Waals surface area contributed by atoms with Gasteiger partial charge in [-0.1, -0.05) is 54.6 Å². The number of carbonyl (C=O) groups excluding carboxylic acids is 1. The normalized spacial score (nSPS) is 18.5. The molecule has 1 amide bonds. The minimum Gasteiger partial charge on any atom is -0.305 e. The molecule has 1 aliphatic heterocycles. The molecule has 0 unspecified atom stereocenters. The van der Waals surface area contributed by atoms with Gasteiger partial charge >= 0.3 is 0 Å². The molecule has 5 nitrogen and oxygen atoms in total. The maximum absolute atomic E-state index is 13.3. The Bertz CT molecular complexity index is 1150. The molecule has 0 saturated heterocycles. The van der Waals surface area contributed by atoms with E-state index in [0.29, 0.717) is 17.7 Å². The molecule has 0 bridgehead atoms. The maximum atomic E-state index is 13.3. The number of para-hydroxylation sites is 2. The number of hydrogen-bond donors (Lipinski definition) is 0. The highest BCUT2D eigenvalue weighted by atomic mass is 32.2. The monoisotopic (exact) mass is 420 g/mol. The standard InChI is InChI=1S/C24H24N2O3S/c1-18-17-23(26(30(2,28)29)20-13-7-4-8-14-20)21-15-9-10-16-22(21)25(18)24(27)19-11-5-3-6-12-19/h3-16,18,23H,17H2,1-2H3/t18-,23+/m1/s1. The molecule has 0 aromatic heterocycles. The lowest BCUT2D eigenvalue weighted by Crippen LogP contribution is -2.47. The van der Waals surface area contributed by atoms with Crippen molar-refractivity contribution in [2.75, 3.05) is 15.5 Å². The summed E-state index contributed by atoms with van der Waals surface area (Å²) in [5, 5.41) is 0. The summed E-state index contributed by atoms with van der Waals surface area (Å²) in [6.07, 6.45) is 1.73. The summed E-state index contributed by atoms with van der Waals surface area (Å²) >= 11 is 0. The van der Waals surface area contributed by atoms with Gasteiger partial charge in [-0.25, -0.2) is 8.42 Å². The number of rotatable bonds is 4.